The molecule has 0 unspecified atom stereocenters. The molecule has 0 saturated heterocycles. The Morgan fingerprint density at radius 1 is 0.364 bits per heavy atom. The summed E-state index contributed by atoms with van der Waals surface area (Å²) in [7, 11) is 14.3. The van der Waals surface area contributed by atoms with Crippen molar-refractivity contribution in [2.45, 2.75) is 58.3 Å². The zero-order chi connectivity index (χ0) is 78.3. The number of aromatic nitrogens is 8. The van der Waals surface area contributed by atoms with Gasteiger partial charge in [0.2, 0.25) is 44.2 Å². The monoisotopic (exact) mass is 1610 g/mol. The van der Waals surface area contributed by atoms with Crippen LogP contribution in [0, 0.1) is 5.82 Å². The first-order valence-corrected chi connectivity index (χ1v) is 38.1. The van der Waals surface area contributed by atoms with Crippen molar-refractivity contribution in [3.8, 4) is 57.5 Å². The molecule has 7 aromatic carbocycles. The first-order valence-electron chi connectivity index (χ1n) is 33.5. The first-order chi connectivity index (χ1) is 53.4. The van der Waals surface area contributed by atoms with Crippen LogP contribution < -0.4 is 68.6 Å². The molecule has 12 rings (SSSR count). The Morgan fingerprint density at radius 2 is 0.700 bits per heavy atom. The number of thiophene rings is 1. The fourth-order valence-electron chi connectivity index (χ4n) is 10.4. The number of hydrogen-bond acceptors (Lipinski definition) is 27. The van der Waals surface area contributed by atoms with E-state index < -0.39 is 11.7 Å². The van der Waals surface area contributed by atoms with Gasteiger partial charge < -0.3 is 68.6 Å². The van der Waals surface area contributed by atoms with Crippen LogP contribution in [0.2, 0.25) is 5.02 Å². The number of carbonyl (C=O) groups excluding carboxylic acids is 4. The maximum atomic E-state index is 13.8. The average molecular weight is 1610 g/mol. The first kappa shape index (κ1) is 82.6. The minimum absolute atomic E-state index is 0.0868. The molecule has 12 aromatic rings. The maximum absolute atomic E-state index is 13.8. The number of amides is 4. The van der Waals surface area contributed by atoms with Gasteiger partial charge in [-0.05, 0) is 113 Å². The van der Waals surface area contributed by atoms with Crippen LogP contribution in [0.1, 0.15) is 70.8 Å². The highest BCUT2D eigenvalue weighted by Gasteiger charge is 2.20. The predicted molar refractivity (Wildman–Crippen MR) is 425 cm³/mol. The minimum Gasteiger partial charge on any atom is -0.496 e. The number of anilines is 4. The van der Waals surface area contributed by atoms with Gasteiger partial charge in [-0.15, -0.1) is 52.1 Å². The molecule has 0 atom stereocenters. The van der Waals surface area contributed by atoms with Crippen LogP contribution >= 0.6 is 68.3 Å². The summed E-state index contributed by atoms with van der Waals surface area (Å²) < 4.78 is 66.9. The Hall–Kier alpha value is -11.4. The third kappa shape index (κ3) is 24.8. The summed E-state index contributed by atoms with van der Waals surface area (Å²) in [5.41, 5.74) is 5.83. The van der Waals surface area contributed by atoms with Gasteiger partial charge in [-0.25, -0.2) is 4.39 Å². The van der Waals surface area contributed by atoms with Crippen molar-refractivity contribution in [2.24, 2.45) is 0 Å². The fraction of sp³-hybridized carbons (Fsp3) is 0.247. The number of halogens is 2. The second-order valence-corrected chi connectivity index (χ2v) is 28.7. The maximum Gasteiger partial charge on any atom is 0.231 e. The molecule has 0 saturated carbocycles. The summed E-state index contributed by atoms with van der Waals surface area (Å²) in [6.45, 7) is 2.46. The topological polar surface area (TPSA) is 312 Å². The van der Waals surface area contributed by atoms with Crippen LogP contribution in [0.5, 0.6) is 57.5 Å². The molecule has 4 N–H and O–H groups in total. The molecule has 574 valence electrons. The number of rotatable bonds is 31. The lowest BCUT2D eigenvalue weighted by atomic mass is 10.1. The number of hydrogen-bond donors (Lipinski definition) is 4. The van der Waals surface area contributed by atoms with E-state index in [0.717, 1.165) is 59.0 Å². The van der Waals surface area contributed by atoms with Crippen molar-refractivity contribution in [3.63, 3.8) is 0 Å². The quantitative estimate of drug-likeness (QED) is 0.0314. The van der Waals surface area contributed by atoms with Crippen LogP contribution in [-0.4, -0.2) is 135 Å². The van der Waals surface area contributed by atoms with Crippen LogP contribution in [0.25, 0.3) is 0 Å². The Labute approximate surface area is 659 Å². The van der Waals surface area contributed by atoms with Gasteiger partial charge in [-0.1, -0.05) is 130 Å². The van der Waals surface area contributed by atoms with E-state index in [1.54, 1.807) is 81.4 Å². The van der Waals surface area contributed by atoms with Gasteiger partial charge in [0.05, 0.1) is 96.3 Å². The second-order valence-electron chi connectivity index (χ2n) is 23.0. The summed E-state index contributed by atoms with van der Waals surface area (Å²) in [5.74, 6) is 5.35. The Bertz CT molecular complexity index is 4990. The second kappa shape index (κ2) is 42.4. The number of ether oxygens (including phenoxy) is 10. The van der Waals surface area contributed by atoms with Crippen molar-refractivity contribution in [3.05, 3.63) is 232 Å². The summed E-state index contributed by atoms with van der Waals surface area (Å²) >= 11 is 12.8. The normalized spacial score (nSPS) is 10.5. The highest BCUT2D eigenvalue weighted by molar-refractivity contribution is 7.16. The van der Waals surface area contributed by atoms with Crippen LogP contribution in [0.3, 0.4) is 0 Å². The molecule has 33 heteroatoms. The van der Waals surface area contributed by atoms with Crippen LogP contribution in [0.4, 0.5) is 24.9 Å². The zero-order valence-corrected chi connectivity index (χ0v) is 66.3. The molecule has 0 radical (unpaired) electrons. The Morgan fingerprint density at radius 3 is 1.04 bits per heavy atom. The molecule has 0 aliphatic heterocycles. The van der Waals surface area contributed by atoms with Crippen LogP contribution in [-0.2, 0) is 70.5 Å². The lowest BCUT2D eigenvalue weighted by Gasteiger charge is -2.09. The molecule has 5 heterocycles. The molecule has 0 aliphatic carbocycles. The number of carbonyl (C=O) groups is 4. The summed E-state index contributed by atoms with van der Waals surface area (Å²) in [6, 6.07) is 45.8. The van der Waals surface area contributed by atoms with Crippen molar-refractivity contribution in [1.82, 2.24) is 40.8 Å². The summed E-state index contributed by atoms with van der Waals surface area (Å²) in [4.78, 5) is 49.9. The zero-order valence-electron chi connectivity index (χ0n) is 61.5. The van der Waals surface area contributed by atoms with E-state index in [2.05, 4.69) is 62.1 Å². The van der Waals surface area contributed by atoms with E-state index in [1.165, 1.54) is 57.5 Å². The molecule has 5 aromatic heterocycles. The number of benzene rings is 7. The van der Waals surface area contributed by atoms with E-state index in [4.69, 9.17) is 59.0 Å². The SMILES string of the molecule is CCOc1ccccc1CC(=O)Nc1nnc(Cc2ccc(OC)c(OC)c2)s1.COc1ccc(Cc2nnc(NC(=O)Cc3c(F)cccc3Cl)s2)cc1OC.COc1ccc(Cc2nnc(NC(=O)Cc3cccs3)s2)cc1OC.COc1ccccc1CC(=O)Nc1nnc(Cc2ccc(OC)c(OC)c2)s1. The summed E-state index contributed by atoms with van der Waals surface area (Å²) in [5, 5.41) is 50.8. The fourth-order valence-corrected chi connectivity index (χ4v) is 14.5. The third-order valence-electron chi connectivity index (χ3n) is 15.5. The van der Waals surface area contributed by atoms with Gasteiger partial charge in [0.25, 0.3) is 0 Å². The highest BCUT2D eigenvalue weighted by Crippen LogP contribution is 2.35. The molecule has 26 nitrogen and oxygen atoms in total. The molecule has 0 fully saturated rings. The van der Waals surface area contributed by atoms with Crippen molar-refractivity contribution in [2.75, 3.05) is 91.9 Å². The number of nitrogens with zero attached hydrogens (tertiary/aromatic N) is 8. The van der Waals surface area contributed by atoms with Gasteiger partial charge >= 0.3 is 0 Å². The molecule has 110 heavy (non-hydrogen) atoms. The largest absolute Gasteiger partial charge is 0.496 e. The van der Waals surface area contributed by atoms with Gasteiger partial charge in [0.15, 0.2) is 46.0 Å². The molecule has 0 aliphatic rings. The van der Waals surface area contributed by atoms with E-state index in [-0.39, 0.29) is 47.6 Å². The standard InChI is InChI=1S/C21H23N3O4S.C20H21N3O4S.C19H17ClFN3O3S.C17H17N3O3S2/c1-4-28-16-8-6-5-7-15(16)13-19(25)22-21-24-23-20(29-21)12-14-9-10-17(26-2)18(11-14)27-3;1-25-15-7-5-4-6-14(15)12-18(24)21-20-23-22-19(28-20)11-13-8-9-16(26-2)17(10-13)27-3;1-26-15-7-6-11(8-16(15)27-2)9-18-23-24-19(28-18)22-17(25)10-12-13(20)4-3-5-14(12)21;1-22-13-6-5-11(8-14(13)23-2)9-16-19-20-17(25-16)18-15(21)10-12-4-3-7-24-12/h5-11H,4,12-13H2,1-3H3,(H,22,24,25);4-10H,11-12H2,1-3H3,(H,21,23,24);3-8H,9-10H2,1-2H3,(H,22,24,25);3-8H,9-10H2,1-2H3,(H,18,20,21). The van der Waals surface area contributed by atoms with Crippen molar-refractivity contribution in [1.29, 1.82) is 0 Å². The number of para-hydroxylation sites is 2. The smallest absolute Gasteiger partial charge is 0.231 e. The average Bonchev–Trinajstić information content (AvgIpc) is 1.64. The third-order valence-corrected chi connectivity index (χ3v) is 20.1. The van der Waals surface area contributed by atoms with Crippen molar-refractivity contribution >= 4 is 112 Å². The number of nitrogens with one attached hydrogen (secondary N) is 4. The number of methoxy groups -OCH3 is 9. The lowest BCUT2D eigenvalue weighted by molar-refractivity contribution is -0.116. The van der Waals surface area contributed by atoms with Gasteiger partial charge in [-0.3, -0.25) is 19.2 Å². The van der Waals surface area contributed by atoms with Gasteiger partial charge in [0, 0.05) is 52.3 Å². The predicted octanol–water partition coefficient (Wildman–Crippen LogP) is 14.6. The molecular formula is C77H78ClFN12O14S5. The molecular weight excluding hydrogens is 1530 g/mol. The summed E-state index contributed by atoms with van der Waals surface area (Å²) in [6.07, 6.45) is 2.88. The highest BCUT2D eigenvalue weighted by atomic mass is 35.5. The van der Waals surface area contributed by atoms with Crippen LogP contribution in [0.15, 0.2) is 157 Å². The van der Waals surface area contributed by atoms with E-state index >= 15 is 0 Å². The Balaban J connectivity index is 0.000000169. The van der Waals surface area contributed by atoms with Gasteiger partial charge in [-0.2, -0.15) is 0 Å². The van der Waals surface area contributed by atoms with Crippen molar-refractivity contribution < 1.29 is 70.9 Å². The molecule has 0 spiro atoms. The van der Waals surface area contributed by atoms with E-state index in [0.29, 0.717) is 116 Å². The lowest BCUT2D eigenvalue weighted by Crippen LogP contribution is -2.15. The van der Waals surface area contributed by atoms with Gasteiger partial charge in [0.1, 0.15) is 37.3 Å². The van der Waals surface area contributed by atoms with E-state index in [1.807, 2.05) is 146 Å². The minimum atomic E-state index is -0.519. The molecule has 0 bridgehead atoms. The van der Waals surface area contributed by atoms with E-state index in [9.17, 15) is 23.6 Å². The Kier molecular flexibility index (Phi) is 31.8. The molecule has 4 amide bonds.